The van der Waals surface area contributed by atoms with Crippen LogP contribution in [0.1, 0.15) is 75.8 Å². The van der Waals surface area contributed by atoms with Crippen molar-refractivity contribution >= 4 is 8.32 Å². The highest BCUT2D eigenvalue weighted by Crippen LogP contribution is 2.43. The van der Waals surface area contributed by atoms with Gasteiger partial charge >= 0.3 is 0 Å². The summed E-state index contributed by atoms with van der Waals surface area (Å²) in [6.45, 7) is 16.1. The van der Waals surface area contributed by atoms with Crippen molar-refractivity contribution in [2.45, 2.75) is 153 Å². The average molecular weight is 947 g/mol. The van der Waals surface area contributed by atoms with E-state index in [1.807, 2.05) is 103 Å². The number of hydrogen-bond donors (Lipinski definition) is 0. The molecule has 10 nitrogen and oxygen atoms in total. The molecule has 0 N–H and O–H groups in total. The Kier molecular flexibility index (Phi) is 20.0. The van der Waals surface area contributed by atoms with Crippen LogP contribution in [0.4, 0.5) is 0 Å². The third-order valence-corrected chi connectivity index (χ3v) is 19.5. The zero-order valence-electron chi connectivity index (χ0n) is 41.1. The summed E-state index contributed by atoms with van der Waals surface area (Å²) in [7, 11) is -0.682. The second kappa shape index (κ2) is 26.2. The molecule has 0 spiro atoms. The van der Waals surface area contributed by atoms with Crippen molar-refractivity contribution in [3.05, 3.63) is 179 Å². The van der Waals surface area contributed by atoms with Gasteiger partial charge in [0.05, 0.1) is 52.4 Å². The van der Waals surface area contributed by atoms with Crippen molar-refractivity contribution in [3.63, 3.8) is 0 Å². The van der Waals surface area contributed by atoms with E-state index in [9.17, 15) is 0 Å². The molecule has 5 aromatic carbocycles. The summed E-state index contributed by atoms with van der Waals surface area (Å²) in [6, 6.07) is 50.8. The van der Waals surface area contributed by atoms with Crippen LogP contribution >= 0.6 is 0 Å². The van der Waals surface area contributed by atoms with E-state index in [4.69, 9.17) is 47.1 Å². The smallest absolute Gasteiger partial charge is 0.200 e. The third kappa shape index (κ3) is 14.0. The van der Waals surface area contributed by atoms with Crippen LogP contribution in [-0.4, -0.2) is 83.9 Å². The van der Waals surface area contributed by atoms with E-state index in [2.05, 4.69) is 90.1 Å². The van der Waals surface area contributed by atoms with E-state index in [1.165, 1.54) is 0 Å². The first-order valence-electron chi connectivity index (χ1n) is 24.5. The largest absolute Gasteiger partial charge is 0.413 e. The van der Waals surface area contributed by atoms with E-state index < -0.39 is 57.5 Å². The van der Waals surface area contributed by atoms with Gasteiger partial charge in [-0.3, -0.25) is 0 Å². The maximum Gasteiger partial charge on any atom is 0.200 e. The van der Waals surface area contributed by atoms with Crippen LogP contribution < -0.4 is 0 Å². The molecule has 0 saturated carbocycles. The van der Waals surface area contributed by atoms with Crippen molar-refractivity contribution in [1.29, 1.82) is 0 Å². The number of methoxy groups -OCH3 is 1. The van der Waals surface area contributed by atoms with E-state index in [-0.39, 0.29) is 12.7 Å². The Labute approximate surface area is 406 Å². The van der Waals surface area contributed by atoms with Gasteiger partial charge in [0.2, 0.25) is 0 Å². The molecule has 11 heteroatoms. The quantitative estimate of drug-likeness (QED) is 0.0527. The van der Waals surface area contributed by atoms with Crippen LogP contribution in [0.3, 0.4) is 0 Å². The fourth-order valence-corrected chi connectivity index (χ4v) is 15.5. The van der Waals surface area contributed by atoms with Crippen molar-refractivity contribution in [3.8, 4) is 0 Å². The van der Waals surface area contributed by atoms with E-state index in [0.717, 1.165) is 27.8 Å². The van der Waals surface area contributed by atoms with Gasteiger partial charge < -0.3 is 47.1 Å². The predicted molar refractivity (Wildman–Crippen MR) is 267 cm³/mol. The van der Waals surface area contributed by atoms with Crippen molar-refractivity contribution < 1.29 is 47.1 Å². The predicted octanol–water partition coefficient (Wildman–Crippen LogP) is 11.6. The molecule has 0 aliphatic carbocycles. The Morgan fingerprint density at radius 2 is 0.794 bits per heavy atom. The topological polar surface area (TPSA) is 92.3 Å². The summed E-state index contributed by atoms with van der Waals surface area (Å²) < 4.78 is 68.4. The minimum Gasteiger partial charge on any atom is -0.413 e. The monoisotopic (exact) mass is 947 g/mol. The molecule has 2 fully saturated rings. The molecular weight excluding hydrogens is 873 g/mol. The molecule has 2 aliphatic heterocycles. The normalized spacial score (nSPS) is 24.5. The summed E-state index contributed by atoms with van der Waals surface area (Å²) in [5.74, 6) is 0. The van der Waals surface area contributed by atoms with Crippen molar-refractivity contribution in [2.24, 2.45) is 0 Å². The highest BCUT2D eigenvalue weighted by Gasteiger charge is 2.51. The van der Waals surface area contributed by atoms with Crippen molar-refractivity contribution in [2.75, 3.05) is 20.3 Å². The van der Waals surface area contributed by atoms with Gasteiger partial charge in [0.15, 0.2) is 20.9 Å². The van der Waals surface area contributed by atoms with E-state index in [1.54, 1.807) is 7.11 Å². The van der Waals surface area contributed by atoms with E-state index >= 15 is 0 Å². The summed E-state index contributed by atoms with van der Waals surface area (Å²) in [6.07, 6.45) is -4.92. The van der Waals surface area contributed by atoms with Gasteiger partial charge in [-0.1, -0.05) is 193 Å². The Morgan fingerprint density at radius 1 is 0.426 bits per heavy atom. The molecule has 2 saturated heterocycles. The summed E-state index contributed by atoms with van der Waals surface area (Å²) in [4.78, 5) is 0. The molecule has 5 aromatic rings. The maximum absolute atomic E-state index is 7.28. The van der Waals surface area contributed by atoms with Crippen LogP contribution in [0.15, 0.2) is 152 Å². The molecule has 0 aromatic heterocycles. The van der Waals surface area contributed by atoms with Crippen LogP contribution in [0.5, 0.6) is 0 Å². The third-order valence-electron chi connectivity index (χ3n) is 13.4. The summed E-state index contributed by atoms with van der Waals surface area (Å²) in [5, 5.41) is 0. The number of hydrogen-bond acceptors (Lipinski definition) is 10. The first kappa shape index (κ1) is 51.8. The van der Waals surface area contributed by atoms with Crippen LogP contribution in [0.25, 0.3) is 0 Å². The lowest BCUT2D eigenvalue weighted by Crippen LogP contribution is -2.62. The first-order valence-corrected chi connectivity index (χ1v) is 26.7. The Bertz CT molecular complexity index is 2110. The second-order valence-electron chi connectivity index (χ2n) is 19.0. The SMILES string of the molecule is CO[C@H]1O[C@H](COC2C[C@@H](OCc3ccccc3)[C@H](OCc3ccccc3)[C@@H](CO[Si](C(C)C)(C(C)C)C(C)C)O2)[C@@H](OCc2ccccc2)[C@H](OCc2ccccc2)[C@H]1OCc1ccccc1. The fraction of sp³-hybridized carbons (Fsp3) is 0.474. The molecule has 9 atom stereocenters. The number of ether oxygens (including phenoxy) is 9. The van der Waals surface area contributed by atoms with Crippen LogP contribution in [-0.2, 0) is 80.1 Å². The van der Waals surface area contributed by atoms with Gasteiger partial charge in [-0.05, 0) is 44.4 Å². The minimum atomic E-state index is -2.32. The van der Waals surface area contributed by atoms with Gasteiger partial charge in [0.1, 0.15) is 36.6 Å². The highest BCUT2D eigenvalue weighted by molar-refractivity contribution is 6.77. The lowest BCUT2D eigenvalue weighted by Gasteiger charge is -2.47. The Morgan fingerprint density at radius 3 is 1.21 bits per heavy atom. The zero-order chi connectivity index (χ0) is 47.7. The molecule has 2 aliphatic rings. The zero-order valence-corrected chi connectivity index (χ0v) is 42.1. The average Bonchev–Trinajstić information content (AvgIpc) is 3.36. The molecular formula is C57H74O10Si. The van der Waals surface area contributed by atoms with Gasteiger partial charge in [-0.25, -0.2) is 0 Å². The van der Waals surface area contributed by atoms with Gasteiger partial charge in [0, 0.05) is 13.5 Å². The molecule has 0 amide bonds. The minimum absolute atomic E-state index is 0.109. The Balaban J connectivity index is 1.18. The molecule has 0 radical (unpaired) electrons. The summed E-state index contributed by atoms with van der Waals surface area (Å²) in [5.41, 5.74) is 6.36. The lowest BCUT2D eigenvalue weighted by molar-refractivity contribution is -0.334. The van der Waals surface area contributed by atoms with Gasteiger partial charge in [-0.15, -0.1) is 0 Å². The molecule has 2 heterocycles. The molecule has 68 heavy (non-hydrogen) atoms. The highest BCUT2D eigenvalue weighted by atomic mass is 28.4. The molecule has 1 unspecified atom stereocenters. The lowest BCUT2D eigenvalue weighted by atomic mass is 9.97. The molecule has 0 bridgehead atoms. The maximum atomic E-state index is 7.28. The van der Waals surface area contributed by atoms with Crippen molar-refractivity contribution in [1.82, 2.24) is 0 Å². The second-order valence-corrected chi connectivity index (χ2v) is 24.4. The Hall–Kier alpha value is -4.08. The van der Waals surface area contributed by atoms with E-state index in [0.29, 0.717) is 62.7 Å². The molecule has 366 valence electrons. The van der Waals surface area contributed by atoms with Crippen LogP contribution in [0, 0.1) is 0 Å². The standard InChI is InChI=1S/C57H74O10Si/c1-41(2)68(42(3)4,43(5)6)65-40-51-53(61-35-45-25-15-9-16-26-45)49(59-34-44-23-13-8-14-24-44)33-52(66-51)60-39-50-54(62-36-46-27-17-10-18-28-46)55(63-37-47-29-19-11-20-30-47)56(57(58-7)67-50)64-38-48-31-21-12-22-32-48/h8-32,41-43,49-57H,33-40H2,1-7H3/t49-,50-,51-,52?,53+,54-,55+,56-,57+/m1/s1. The van der Waals surface area contributed by atoms with Gasteiger partial charge in [-0.2, -0.15) is 0 Å². The molecule has 7 rings (SSSR count). The number of rotatable bonds is 25. The van der Waals surface area contributed by atoms with Gasteiger partial charge in [0.25, 0.3) is 0 Å². The van der Waals surface area contributed by atoms with Crippen LogP contribution in [0.2, 0.25) is 16.6 Å². The number of benzene rings is 5. The summed E-state index contributed by atoms with van der Waals surface area (Å²) >= 11 is 0. The first-order chi connectivity index (χ1) is 33.1. The fourth-order valence-electron chi connectivity index (χ4n) is 10.1.